The summed E-state index contributed by atoms with van der Waals surface area (Å²) in [7, 11) is 0. The van der Waals surface area contributed by atoms with E-state index in [4.69, 9.17) is 14.2 Å². The Morgan fingerprint density at radius 1 is 0.313 bits per heavy atom. The van der Waals surface area contributed by atoms with E-state index in [1.165, 1.54) is 77.0 Å². The van der Waals surface area contributed by atoms with E-state index in [2.05, 4.69) is 130 Å². The van der Waals surface area contributed by atoms with E-state index < -0.39 is 6.10 Å². The smallest absolute Gasteiger partial charge is 0.306 e. The first-order chi connectivity index (χ1) is 33.0. The van der Waals surface area contributed by atoms with Crippen LogP contribution in [0.2, 0.25) is 0 Å². The topological polar surface area (TPSA) is 78.9 Å². The van der Waals surface area contributed by atoms with E-state index >= 15 is 0 Å². The summed E-state index contributed by atoms with van der Waals surface area (Å²) in [5, 5.41) is 0. The number of hydrogen-bond donors (Lipinski definition) is 0. The molecule has 1 atom stereocenters. The van der Waals surface area contributed by atoms with Crippen molar-refractivity contribution in [2.75, 3.05) is 13.2 Å². The highest BCUT2D eigenvalue weighted by atomic mass is 16.6. The van der Waals surface area contributed by atoms with Crippen LogP contribution in [0.4, 0.5) is 0 Å². The zero-order chi connectivity index (χ0) is 48.6. The van der Waals surface area contributed by atoms with Gasteiger partial charge in [0.1, 0.15) is 13.2 Å². The number of carbonyl (C=O) groups excluding carboxylic acids is 3. The van der Waals surface area contributed by atoms with E-state index in [0.717, 1.165) is 116 Å². The predicted octanol–water partition coefficient (Wildman–Crippen LogP) is 18.3. The van der Waals surface area contributed by atoms with Crippen LogP contribution in [0.5, 0.6) is 0 Å². The van der Waals surface area contributed by atoms with Gasteiger partial charge in [0.2, 0.25) is 0 Å². The predicted molar refractivity (Wildman–Crippen MR) is 288 cm³/mol. The summed E-state index contributed by atoms with van der Waals surface area (Å²) in [6, 6.07) is 0. The SMILES string of the molecule is CC/C=C\C/C=C\C/C=C\C/C=C\C/C=C\CCCC(=O)OC[C@H](COC(=O)CCCCCCC/C=C\C/C=C\CCCCC)OC(=O)CCCCCCCCC/C=C\C/C=C\CCCCC. The molecule has 0 N–H and O–H groups in total. The van der Waals surface area contributed by atoms with E-state index in [-0.39, 0.29) is 37.5 Å². The average Bonchev–Trinajstić information content (AvgIpc) is 3.33. The van der Waals surface area contributed by atoms with Gasteiger partial charge in [-0.15, -0.1) is 0 Å². The van der Waals surface area contributed by atoms with Crippen LogP contribution in [0.25, 0.3) is 0 Å². The number of carbonyl (C=O) groups is 3. The van der Waals surface area contributed by atoms with Gasteiger partial charge >= 0.3 is 17.9 Å². The summed E-state index contributed by atoms with van der Waals surface area (Å²) in [5.74, 6) is -0.991. The van der Waals surface area contributed by atoms with Gasteiger partial charge in [0.15, 0.2) is 6.10 Å². The highest BCUT2D eigenvalue weighted by Gasteiger charge is 2.19. The van der Waals surface area contributed by atoms with Crippen molar-refractivity contribution in [2.45, 2.75) is 245 Å². The van der Waals surface area contributed by atoms with Gasteiger partial charge in [0.25, 0.3) is 0 Å². The fourth-order valence-electron chi connectivity index (χ4n) is 7.13. The van der Waals surface area contributed by atoms with E-state index in [9.17, 15) is 14.4 Å². The fourth-order valence-corrected chi connectivity index (χ4v) is 7.13. The lowest BCUT2D eigenvalue weighted by molar-refractivity contribution is -0.167. The van der Waals surface area contributed by atoms with Crippen LogP contribution in [0.1, 0.15) is 239 Å². The number of hydrogen-bond acceptors (Lipinski definition) is 6. The highest BCUT2D eigenvalue weighted by Crippen LogP contribution is 2.13. The lowest BCUT2D eigenvalue weighted by Crippen LogP contribution is -2.30. The second-order valence-electron chi connectivity index (χ2n) is 17.7. The fraction of sp³-hybridized carbons (Fsp3) is 0.656. The van der Waals surface area contributed by atoms with Crippen molar-refractivity contribution in [3.05, 3.63) is 109 Å². The number of allylic oxidation sites excluding steroid dienone is 18. The van der Waals surface area contributed by atoms with Gasteiger partial charge in [-0.2, -0.15) is 0 Å². The maximum atomic E-state index is 12.8. The van der Waals surface area contributed by atoms with Crippen molar-refractivity contribution in [1.29, 1.82) is 0 Å². The third-order valence-electron chi connectivity index (χ3n) is 11.2. The zero-order valence-corrected chi connectivity index (χ0v) is 43.4. The quantitative estimate of drug-likeness (QED) is 0.0262. The monoisotopic (exact) mass is 929 g/mol. The zero-order valence-electron chi connectivity index (χ0n) is 43.4. The summed E-state index contributed by atoms with van der Waals surface area (Å²) in [6.07, 6.45) is 73.6. The minimum Gasteiger partial charge on any atom is -0.462 e. The van der Waals surface area contributed by atoms with Gasteiger partial charge in [0.05, 0.1) is 0 Å². The first kappa shape index (κ1) is 63.1. The Hall–Kier alpha value is -3.93. The second kappa shape index (κ2) is 54.7. The summed E-state index contributed by atoms with van der Waals surface area (Å²) in [5.41, 5.74) is 0. The Morgan fingerprint density at radius 3 is 0.970 bits per heavy atom. The molecule has 0 aliphatic rings. The Kier molecular flexibility index (Phi) is 51.5. The first-order valence-corrected chi connectivity index (χ1v) is 27.4. The van der Waals surface area contributed by atoms with Crippen LogP contribution in [0.3, 0.4) is 0 Å². The van der Waals surface area contributed by atoms with E-state index in [1.54, 1.807) is 0 Å². The number of unbranched alkanes of at least 4 members (excludes halogenated alkanes) is 19. The van der Waals surface area contributed by atoms with E-state index in [1.807, 2.05) is 0 Å². The Morgan fingerprint density at radius 2 is 0.597 bits per heavy atom. The lowest BCUT2D eigenvalue weighted by Gasteiger charge is -2.18. The third kappa shape index (κ3) is 52.9. The molecule has 0 saturated carbocycles. The molecular weight excluding hydrogens is 829 g/mol. The summed E-state index contributed by atoms with van der Waals surface area (Å²) in [4.78, 5) is 38.1. The normalized spacial score (nSPS) is 12.9. The number of ether oxygens (including phenoxy) is 3. The molecule has 0 unspecified atom stereocenters. The number of esters is 3. The van der Waals surface area contributed by atoms with E-state index in [0.29, 0.717) is 19.3 Å². The van der Waals surface area contributed by atoms with Crippen LogP contribution in [-0.4, -0.2) is 37.2 Å². The second-order valence-corrected chi connectivity index (χ2v) is 17.7. The third-order valence-corrected chi connectivity index (χ3v) is 11.2. The molecule has 67 heavy (non-hydrogen) atoms. The Labute approximate surface area is 412 Å². The molecule has 6 nitrogen and oxygen atoms in total. The van der Waals surface area contributed by atoms with Crippen molar-refractivity contribution in [1.82, 2.24) is 0 Å². The molecule has 0 heterocycles. The Bertz CT molecular complexity index is 1390. The molecule has 0 aromatic carbocycles. The van der Waals surface area contributed by atoms with Crippen LogP contribution >= 0.6 is 0 Å². The molecule has 6 heteroatoms. The molecule has 0 fully saturated rings. The van der Waals surface area contributed by atoms with Crippen molar-refractivity contribution in [3.8, 4) is 0 Å². The van der Waals surface area contributed by atoms with Crippen LogP contribution < -0.4 is 0 Å². The molecular formula is C61H100O6. The lowest BCUT2D eigenvalue weighted by atomic mass is 10.1. The van der Waals surface area contributed by atoms with Crippen LogP contribution in [-0.2, 0) is 28.6 Å². The summed E-state index contributed by atoms with van der Waals surface area (Å²) < 4.78 is 16.8. The molecule has 380 valence electrons. The molecule has 0 radical (unpaired) electrons. The van der Waals surface area contributed by atoms with Gasteiger partial charge in [-0.3, -0.25) is 14.4 Å². The Balaban J connectivity index is 4.53. The maximum absolute atomic E-state index is 12.8. The van der Waals surface area contributed by atoms with Gasteiger partial charge in [0, 0.05) is 19.3 Å². The standard InChI is InChI=1S/C61H100O6/c1-4-7-10-13-16-19-22-25-28-30-33-36-39-42-45-48-51-54-60(63)66-57-58(56-65-59(62)53-50-47-44-41-38-35-32-27-24-21-18-15-12-9-6-3)67-61(64)55-52-49-46-43-40-37-34-31-29-26-23-20-17-14-11-8-5-2/h7,10,16-21,25-29,32-33,36,42,45,58H,4-6,8-9,11-15,22-24,30-31,34-35,37-41,43-44,46-57H2,1-3H3/b10-7-,19-16-,20-17-,21-18-,28-25-,29-26-,32-27-,36-33-,45-42-/t58-/m0/s1. The molecule has 0 saturated heterocycles. The minimum absolute atomic E-state index is 0.108. The number of rotatable bonds is 48. The molecule has 0 bridgehead atoms. The highest BCUT2D eigenvalue weighted by molar-refractivity contribution is 5.71. The van der Waals surface area contributed by atoms with Gasteiger partial charge in [-0.05, 0) is 122 Å². The minimum atomic E-state index is -0.813. The largest absolute Gasteiger partial charge is 0.462 e. The molecule has 0 spiro atoms. The summed E-state index contributed by atoms with van der Waals surface area (Å²) >= 11 is 0. The molecule has 0 aliphatic carbocycles. The molecule has 0 rings (SSSR count). The summed E-state index contributed by atoms with van der Waals surface area (Å²) in [6.45, 7) is 6.40. The van der Waals surface area contributed by atoms with Gasteiger partial charge < -0.3 is 14.2 Å². The molecule has 0 aromatic rings. The van der Waals surface area contributed by atoms with Gasteiger partial charge in [-0.25, -0.2) is 0 Å². The molecule has 0 amide bonds. The van der Waals surface area contributed by atoms with Crippen molar-refractivity contribution in [2.24, 2.45) is 0 Å². The average molecular weight is 929 g/mol. The maximum Gasteiger partial charge on any atom is 0.306 e. The van der Waals surface area contributed by atoms with Crippen molar-refractivity contribution >= 4 is 17.9 Å². The van der Waals surface area contributed by atoms with Gasteiger partial charge in [-0.1, -0.05) is 207 Å². The first-order valence-electron chi connectivity index (χ1n) is 27.4. The van der Waals surface area contributed by atoms with Crippen molar-refractivity contribution in [3.63, 3.8) is 0 Å². The van der Waals surface area contributed by atoms with Crippen molar-refractivity contribution < 1.29 is 28.6 Å². The van der Waals surface area contributed by atoms with Crippen LogP contribution in [0.15, 0.2) is 109 Å². The van der Waals surface area contributed by atoms with Crippen LogP contribution in [0, 0.1) is 0 Å². The molecule has 0 aliphatic heterocycles. The molecule has 0 aromatic heterocycles.